The molecule has 0 spiro atoms. The zero-order valence-corrected chi connectivity index (χ0v) is 31.9. The number of ether oxygens (including phenoxy) is 5. The molecule has 48 heavy (non-hydrogen) atoms. The minimum atomic E-state index is -2.36. The van der Waals surface area contributed by atoms with Gasteiger partial charge in [-0.05, 0) is 85.7 Å². The lowest BCUT2D eigenvalue weighted by Gasteiger charge is -2.44. The predicted octanol–water partition coefficient (Wildman–Crippen LogP) is 6.84. The molecule has 1 unspecified atom stereocenters. The molecule has 13 heteroatoms. The van der Waals surface area contributed by atoms with Crippen molar-refractivity contribution in [3.63, 3.8) is 0 Å². The summed E-state index contributed by atoms with van der Waals surface area (Å²) in [6, 6.07) is 8.58. The zero-order chi connectivity index (χ0) is 36.2. The van der Waals surface area contributed by atoms with Gasteiger partial charge in [0.05, 0.1) is 16.2 Å². The highest BCUT2D eigenvalue weighted by Crippen LogP contribution is 2.40. The normalized spacial score (nSPS) is 23.8. The lowest BCUT2D eigenvalue weighted by atomic mass is 9.92. The molecule has 6 atom stereocenters. The maximum atomic E-state index is 13.8. The van der Waals surface area contributed by atoms with Crippen LogP contribution in [0.25, 0.3) is 0 Å². The van der Waals surface area contributed by atoms with Crippen molar-refractivity contribution in [3.8, 4) is 0 Å². The van der Waals surface area contributed by atoms with Gasteiger partial charge in [0.2, 0.25) is 6.29 Å². The number of rotatable bonds is 11. The minimum Gasteiger partial charge on any atom is -0.619 e. The van der Waals surface area contributed by atoms with Gasteiger partial charge in [-0.1, -0.05) is 44.2 Å². The first-order valence-corrected chi connectivity index (χ1v) is 19.5. The molecule has 0 saturated carbocycles. The minimum absolute atomic E-state index is 0.135. The SMILES string of the molecule is CCC(/C=C(\[O][Al]([Cl])[CH2]C)N1C(=O)O[C@H]2O[C@H](COC(=O)C(C)(C)C)[C@@H](OC(=O)C(C)(C)C)[C@H](OC(=O)C(C)(C)C)[C@H]21)c1ccccc1. The summed E-state index contributed by atoms with van der Waals surface area (Å²) in [5.74, 6) is -1.80. The molecule has 1 aromatic carbocycles. The molecular formula is C35H51AlClNO10. The van der Waals surface area contributed by atoms with E-state index in [4.69, 9.17) is 37.5 Å². The molecule has 1 amide bonds. The first kappa shape index (κ1) is 39.7. The molecule has 0 aliphatic carbocycles. The summed E-state index contributed by atoms with van der Waals surface area (Å²) in [6.07, 6.45) is -3.42. The Balaban J connectivity index is 2.20. The second-order valence-electron chi connectivity index (χ2n) is 15.2. The highest BCUT2D eigenvalue weighted by atomic mass is 35.6. The van der Waals surface area contributed by atoms with Gasteiger partial charge in [0, 0.05) is 5.92 Å². The molecule has 0 radical (unpaired) electrons. The number of hydrogen-bond acceptors (Lipinski definition) is 10. The van der Waals surface area contributed by atoms with E-state index >= 15 is 0 Å². The lowest BCUT2D eigenvalue weighted by molar-refractivity contribution is -0.260. The quantitative estimate of drug-likeness (QED) is 0.104. The van der Waals surface area contributed by atoms with Crippen LogP contribution < -0.4 is 0 Å². The predicted molar refractivity (Wildman–Crippen MR) is 181 cm³/mol. The van der Waals surface area contributed by atoms with Crippen LogP contribution in [0.15, 0.2) is 42.3 Å². The van der Waals surface area contributed by atoms with Crippen LogP contribution in [0.2, 0.25) is 5.28 Å². The molecule has 11 nitrogen and oxygen atoms in total. The van der Waals surface area contributed by atoms with E-state index in [0.29, 0.717) is 11.7 Å². The Labute approximate surface area is 293 Å². The highest BCUT2D eigenvalue weighted by Gasteiger charge is 2.61. The third-order valence-electron chi connectivity index (χ3n) is 7.85. The first-order chi connectivity index (χ1) is 22.2. The summed E-state index contributed by atoms with van der Waals surface area (Å²) >= 11 is -2.36. The van der Waals surface area contributed by atoms with Gasteiger partial charge < -0.3 is 27.5 Å². The van der Waals surface area contributed by atoms with Crippen LogP contribution in [0.1, 0.15) is 94.1 Å². The summed E-state index contributed by atoms with van der Waals surface area (Å²) in [6.45, 7) is 18.7. The van der Waals surface area contributed by atoms with Gasteiger partial charge in [0.15, 0.2) is 18.1 Å². The van der Waals surface area contributed by atoms with Crippen LogP contribution in [0.3, 0.4) is 0 Å². The monoisotopic (exact) mass is 707 g/mol. The molecule has 0 N–H and O–H groups in total. The summed E-state index contributed by atoms with van der Waals surface area (Å²) in [4.78, 5) is 54.8. The largest absolute Gasteiger partial charge is 0.680 e. The number of esters is 3. The fraction of sp³-hybridized carbons (Fsp3) is 0.657. The van der Waals surface area contributed by atoms with E-state index in [1.807, 2.05) is 50.3 Å². The maximum absolute atomic E-state index is 13.8. The van der Waals surface area contributed by atoms with Gasteiger partial charge in [-0.3, -0.25) is 14.4 Å². The summed E-state index contributed by atoms with van der Waals surface area (Å²) in [7, 11) is 6.66. The van der Waals surface area contributed by atoms with E-state index < -0.39 is 84.5 Å². The van der Waals surface area contributed by atoms with E-state index in [-0.39, 0.29) is 18.4 Å². The smallest absolute Gasteiger partial charge is 0.619 e. The van der Waals surface area contributed by atoms with Crippen LogP contribution in [0.4, 0.5) is 4.79 Å². The van der Waals surface area contributed by atoms with Gasteiger partial charge in [-0.15, -0.1) is 0 Å². The average molecular weight is 708 g/mol. The number of nitrogens with zero attached hydrogens (tertiary/aromatic N) is 1. The molecule has 0 aromatic heterocycles. The lowest BCUT2D eigenvalue weighted by Crippen LogP contribution is -2.64. The molecule has 2 heterocycles. The van der Waals surface area contributed by atoms with Crippen molar-refractivity contribution in [2.24, 2.45) is 16.2 Å². The molecule has 1 aromatic rings. The number of carbonyl (C=O) groups excluding carboxylic acids is 4. The Bertz CT molecular complexity index is 1330. The van der Waals surface area contributed by atoms with Crippen LogP contribution in [0, 0.1) is 16.2 Å². The molecule has 266 valence electrons. The van der Waals surface area contributed by atoms with Crippen molar-refractivity contribution in [2.45, 2.75) is 124 Å². The van der Waals surface area contributed by atoms with Crippen LogP contribution >= 0.6 is 10.0 Å². The second-order valence-corrected chi connectivity index (χ2v) is 18.6. The molecule has 3 rings (SSSR count). The Morgan fingerprint density at radius 1 is 0.896 bits per heavy atom. The maximum Gasteiger partial charge on any atom is 0.680 e. The van der Waals surface area contributed by atoms with E-state index in [1.165, 1.54) is 4.90 Å². The van der Waals surface area contributed by atoms with Crippen LogP contribution in [-0.4, -0.2) is 79.7 Å². The van der Waals surface area contributed by atoms with Crippen molar-refractivity contribution in [2.75, 3.05) is 6.61 Å². The fourth-order valence-electron chi connectivity index (χ4n) is 4.87. The van der Waals surface area contributed by atoms with Crippen molar-refractivity contribution >= 4 is 47.6 Å². The van der Waals surface area contributed by atoms with Crippen molar-refractivity contribution in [1.29, 1.82) is 0 Å². The number of amides is 1. The van der Waals surface area contributed by atoms with E-state index in [1.54, 1.807) is 62.3 Å². The summed E-state index contributed by atoms with van der Waals surface area (Å²) in [5.41, 5.74) is -1.78. The summed E-state index contributed by atoms with van der Waals surface area (Å²) in [5, 5.41) is 0.546. The molecule has 0 bridgehead atoms. The molecule has 2 saturated heterocycles. The first-order valence-electron chi connectivity index (χ1n) is 16.5. The number of halogens is 1. The third-order valence-corrected chi connectivity index (χ3v) is 10.2. The van der Waals surface area contributed by atoms with Gasteiger partial charge in [-0.2, -0.15) is 0 Å². The number of allylic oxidation sites excluding steroid dienone is 1. The fourth-order valence-corrected chi connectivity index (χ4v) is 5.77. The Kier molecular flexibility index (Phi) is 13.1. The topological polar surface area (TPSA) is 127 Å². The number of benzene rings is 1. The van der Waals surface area contributed by atoms with Crippen molar-refractivity contribution < 1.29 is 46.7 Å². The van der Waals surface area contributed by atoms with Gasteiger partial charge >= 0.3 is 37.6 Å². The molecule has 2 fully saturated rings. The number of hydrogen-bond donors (Lipinski definition) is 0. The van der Waals surface area contributed by atoms with Gasteiger partial charge in [0.25, 0.3) is 0 Å². The van der Waals surface area contributed by atoms with Crippen LogP contribution in [-0.2, 0) is 41.9 Å². The Morgan fingerprint density at radius 2 is 1.44 bits per heavy atom. The Morgan fingerprint density at radius 3 is 1.94 bits per heavy atom. The van der Waals surface area contributed by atoms with Crippen molar-refractivity contribution in [1.82, 2.24) is 4.90 Å². The molecular weight excluding hydrogens is 657 g/mol. The van der Waals surface area contributed by atoms with Crippen LogP contribution in [0.5, 0.6) is 0 Å². The third kappa shape index (κ3) is 9.90. The van der Waals surface area contributed by atoms with Gasteiger partial charge in [0.1, 0.15) is 18.8 Å². The molecule has 2 aliphatic rings. The number of carbonyl (C=O) groups is 4. The van der Waals surface area contributed by atoms with Crippen molar-refractivity contribution in [3.05, 3.63) is 47.9 Å². The Hall–Kier alpha value is -2.78. The van der Waals surface area contributed by atoms with Gasteiger partial charge in [-0.25, -0.2) is 19.7 Å². The highest BCUT2D eigenvalue weighted by molar-refractivity contribution is 7.03. The van der Waals surface area contributed by atoms with E-state index in [0.717, 1.165) is 5.56 Å². The average Bonchev–Trinajstić information content (AvgIpc) is 3.33. The second kappa shape index (κ2) is 15.8. The molecule has 2 aliphatic heterocycles. The van der Waals surface area contributed by atoms with E-state index in [2.05, 4.69) is 0 Å². The zero-order valence-electron chi connectivity index (χ0n) is 30.0. The standard InChI is InChI=1S/C33H47NO10.C2H5.Al.ClH/c1-11-19(20-15-13-12-14-16-20)17-22(35)34-23-25(43-29(38)33(8,9)10)24(42-28(37)32(5,6)7)21(41-26(23)44-30(34)39)18-40-27(36)31(2,3)4;1-2;;/h12-17,19,21,23-26,35H,11,18H2,1-10H3;1H2,2H3;;1H/q;;+2;/p-2/b22-17-;;;/t19?,21-,23-,24-,25-,26-;;;/m1.../s1. The number of fused-ring (bicyclic) bond motifs is 1. The van der Waals surface area contributed by atoms with E-state index in [9.17, 15) is 19.2 Å². The summed E-state index contributed by atoms with van der Waals surface area (Å²) < 4.78 is 36.1.